The van der Waals surface area contributed by atoms with Crippen LogP contribution in [0.4, 0.5) is 5.69 Å². The second kappa shape index (κ2) is 2.94. The Hall–Kier alpha value is -1.19. The maximum Gasteiger partial charge on any atom is 0.235 e. The van der Waals surface area contributed by atoms with Crippen LogP contribution in [0.5, 0.6) is 5.88 Å². The lowest BCUT2D eigenvalue weighted by Gasteiger charge is -2.02. The van der Waals surface area contributed by atoms with Gasteiger partial charge in [0.15, 0.2) is 0 Å². The lowest BCUT2D eigenvalue weighted by atomic mass is 10.2. The van der Waals surface area contributed by atoms with E-state index in [0.717, 1.165) is 11.4 Å². The van der Waals surface area contributed by atoms with E-state index in [0.29, 0.717) is 18.4 Å². The first-order valence-electron chi connectivity index (χ1n) is 4.69. The zero-order valence-corrected chi connectivity index (χ0v) is 8.08. The number of rotatable bonds is 3. The minimum Gasteiger partial charge on any atom is -0.477 e. The quantitative estimate of drug-likeness (QED) is 0.764. The highest BCUT2D eigenvalue weighted by molar-refractivity contribution is 5.55. The van der Waals surface area contributed by atoms with E-state index in [1.165, 1.54) is 12.8 Å². The van der Waals surface area contributed by atoms with Gasteiger partial charge in [-0.25, -0.2) is 4.68 Å². The summed E-state index contributed by atoms with van der Waals surface area (Å²) in [6, 6.07) is 0. The van der Waals surface area contributed by atoms with Crippen molar-refractivity contribution in [2.45, 2.75) is 25.7 Å². The molecule has 4 heteroatoms. The number of nitrogen functional groups attached to an aromatic ring is 1. The summed E-state index contributed by atoms with van der Waals surface area (Å²) in [7, 11) is 1.87. The van der Waals surface area contributed by atoms with Crippen LogP contribution in [-0.4, -0.2) is 16.4 Å². The summed E-state index contributed by atoms with van der Waals surface area (Å²) in [5.74, 6) is 1.30. The van der Waals surface area contributed by atoms with Gasteiger partial charge in [-0.1, -0.05) is 0 Å². The van der Waals surface area contributed by atoms with Gasteiger partial charge in [-0.05, 0) is 19.8 Å². The molecule has 1 aliphatic carbocycles. The molecule has 0 aliphatic heterocycles. The highest BCUT2D eigenvalue weighted by Gasteiger charge is 2.30. The molecule has 0 amide bonds. The van der Waals surface area contributed by atoms with Crippen LogP contribution in [0.2, 0.25) is 0 Å². The Morgan fingerprint density at radius 1 is 1.62 bits per heavy atom. The third kappa shape index (κ3) is 1.36. The van der Waals surface area contributed by atoms with Crippen molar-refractivity contribution in [3.05, 3.63) is 5.69 Å². The van der Waals surface area contributed by atoms with Crippen LogP contribution < -0.4 is 10.5 Å². The summed E-state index contributed by atoms with van der Waals surface area (Å²) in [5, 5.41) is 4.36. The molecule has 0 radical (unpaired) electrons. The number of aromatic nitrogens is 2. The van der Waals surface area contributed by atoms with E-state index in [4.69, 9.17) is 10.5 Å². The van der Waals surface area contributed by atoms with Gasteiger partial charge in [0.25, 0.3) is 0 Å². The van der Waals surface area contributed by atoms with Crippen molar-refractivity contribution in [3.8, 4) is 5.88 Å². The molecule has 13 heavy (non-hydrogen) atoms. The Bertz CT molecular complexity index is 315. The first-order chi connectivity index (χ1) is 6.24. The molecule has 1 heterocycles. The fourth-order valence-corrected chi connectivity index (χ4v) is 1.51. The van der Waals surface area contributed by atoms with Gasteiger partial charge in [0.1, 0.15) is 5.69 Å². The van der Waals surface area contributed by atoms with Crippen molar-refractivity contribution in [2.75, 3.05) is 12.3 Å². The van der Waals surface area contributed by atoms with E-state index in [-0.39, 0.29) is 0 Å². The van der Waals surface area contributed by atoms with Crippen LogP contribution in [0, 0.1) is 0 Å². The molecular formula is C9H15N3O. The van der Waals surface area contributed by atoms with Crippen molar-refractivity contribution in [1.82, 2.24) is 9.78 Å². The van der Waals surface area contributed by atoms with Crippen molar-refractivity contribution >= 4 is 5.69 Å². The van der Waals surface area contributed by atoms with E-state index < -0.39 is 0 Å². The number of nitrogens with two attached hydrogens (primary N) is 1. The van der Waals surface area contributed by atoms with Crippen LogP contribution >= 0.6 is 0 Å². The van der Waals surface area contributed by atoms with Crippen molar-refractivity contribution in [3.63, 3.8) is 0 Å². The molecule has 1 aromatic rings. The van der Waals surface area contributed by atoms with E-state index in [1.54, 1.807) is 4.68 Å². The summed E-state index contributed by atoms with van der Waals surface area (Å²) in [6.07, 6.45) is 2.43. The Morgan fingerprint density at radius 2 is 2.31 bits per heavy atom. The second-order valence-corrected chi connectivity index (χ2v) is 3.43. The number of aryl methyl sites for hydroxylation is 1. The molecule has 1 aromatic heterocycles. The predicted octanol–water partition coefficient (Wildman–Crippen LogP) is 1.28. The van der Waals surface area contributed by atoms with Gasteiger partial charge in [0.05, 0.1) is 12.3 Å². The van der Waals surface area contributed by atoms with Crippen molar-refractivity contribution in [1.29, 1.82) is 0 Å². The van der Waals surface area contributed by atoms with E-state index in [1.807, 2.05) is 14.0 Å². The lowest BCUT2D eigenvalue weighted by Crippen LogP contribution is -2.00. The minimum absolute atomic E-state index is 0.584. The molecule has 0 atom stereocenters. The lowest BCUT2D eigenvalue weighted by molar-refractivity contribution is 0.311. The van der Waals surface area contributed by atoms with Gasteiger partial charge in [-0.3, -0.25) is 0 Å². The molecule has 4 nitrogen and oxygen atoms in total. The third-order valence-corrected chi connectivity index (χ3v) is 2.30. The summed E-state index contributed by atoms with van der Waals surface area (Å²) in [5.41, 5.74) is 7.67. The Morgan fingerprint density at radius 3 is 2.85 bits per heavy atom. The van der Waals surface area contributed by atoms with Crippen LogP contribution in [0.15, 0.2) is 0 Å². The normalized spacial score (nSPS) is 16.2. The molecule has 0 spiro atoms. The Kier molecular flexibility index (Phi) is 1.90. The fourth-order valence-electron chi connectivity index (χ4n) is 1.51. The Balaban J connectivity index is 2.32. The third-order valence-electron chi connectivity index (χ3n) is 2.30. The molecule has 0 bridgehead atoms. The minimum atomic E-state index is 0.584. The van der Waals surface area contributed by atoms with Gasteiger partial charge in [-0.15, -0.1) is 0 Å². The predicted molar refractivity (Wildman–Crippen MR) is 50.8 cm³/mol. The molecule has 0 saturated heterocycles. The van der Waals surface area contributed by atoms with E-state index in [2.05, 4.69) is 5.10 Å². The molecular weight excluding hydrogens is 166 g/mol. The highest BCUT2D eigenvalue weighted by Crippen LogP contribution is 2.44. The summed E-state index contributed by atoms with van der Waals surface area (Å²) < 4.78 is 7.13. The summed E-state index contributed by atoms with van der Waals surface area (Å²) in [4.78, 5) is 0. The molecule has 1 saturated carbocycles. The van der Waals surface area contributed by atoms with Crippen molar-refractivity contribution < 1.29 is 4.74 Å². The number of anilines is 1. The molecule has 72 valence electrons. The first-order valence-corrected chi connectivity index (χ1v) is 4.69. The van der Waals surface area contributed by atoms with Crippen LogP contribution in [0.25, 0.3) is 0 Å². The average molecular weight is 181 g/mol. The number of ether oxygens (including phenoxy) is 1. The highest BCUT2D eigenvalue weighted by atomic mass is 16.5. The van der Waals surface area contributed by atoms with E-state index >= 15 is 0 Å². The van der Waals surface area contributed by atoms with Gasteiger partial charge < -0.3 is 10.5 Å². The smallest absolute Gasteiger partial charge is 0.235 e. The SMILES string of the molecule is CCOc1c(N)c(C2CC2)nn1C. The number of hydrogen-bond donors (Lipinski definition) is 1. The van der Waals surface area contributed by atoms with Gasteiger partial charge >= 0.3 is 0 Å². The molecule has 1 aliphatic rings. The molecule has 1 fully saturated rings. The molecule has 0 aromatic carbocycles. The van der Waals surface area contributed by atoms with Gasteiger partial charge in [0, 0.05) is 13.0 Å². The molecule has 2 N–H and O–H groups in total. The monoisotopic (exact) mass is 181 g/mol. The largest absolute Gasteiger partial charge is 0.477 e. The Labute approximate surface area is 77.7 Å². The first kappa shape index (κ1) is 8.41. The molecule has 2 rings (SSSR count). The fraction of sp³-hybridized carbons (Fsp3) is 0.667. The maximum atomic E-state index is 5.92. The standard InChI is InChI=1S/C9H15N3O/c1-3-13-9-7(10)8(6-4-5-6)11-12(9)2/h6H,3-5,10H2,1-2H3. The molecule has 0 unspecified atom stereocenters. The zero-order chi connectivity index (χ0) is 9.42. The number of hydrogen-bond acceptors (Lipinski definition) is 3. The topological polar surface area (TPSA) is 53.1 Å². The van der Waals surface area contributed by atoms with Gasteiger partial charge in [0.2, 0.25) is 5.88 Å². The van der Waals surface area contributed by atoms with Crippen molar-refractivity contribution in [2.24, 2.45) is 7.05 Å². The van der Waals surface area contributed by atoms with Crippen LogP contribution in [0.3, 0.4) is 0 Å². The maximum absolute atomic E-state index is 5.92. The van der Waals surface area contributed by atoms with Crippen LogP contribution in [0.1, 0.15) is 31.4 Å². The van der Waals surface area contributed by atoms with E-state index in [9.17, 15) is 0 Å². The summed E-state index contributed by atoms with van der Waals surface area (Å²) >= 11 is 0. The number of nitrogens with zero attached hydrogens (tertiary/aromatic N) is 2. The zero-order valence-electron chi connectivity index (χ0n) is 8.08. The average Bonchev–Trinajstić information content (AvgIpc) is 2.88. The second-order valence-electron chi connectivity index (χ2n) is 3.43. The van der Waals surface area contributed by atoms with Gasteiger partial charge in [-0.2, -0.15) is 5.10 Å². The summed E-state index contributed by atoms with van der Waals surface area (Å²) in [6.45, 7) is 2.58. The van der Waals surface area contributed by atoms with Crippen LogP contribution in [-0.2, 0) is 7.05 Å².